The average Bonchev–Trinajstić information content (AvgIpc) is 2.45. The van der Waals surface area contributed by atoms with E-state index in [9.17, 15) is 4.79 Å². The van der Waals surface area contributed by atoms with Crippen molar-refractivity contribution in [3.63, 3.8) is 0 Å². The highest BCUT2D eigenvalue weighted by atomic mass is 16.2. The van der Waals surface area contributed by atoms with Crippen molar-refractivity contribution in [1.82, 2.24) is 15.1 Å². The van der Waals surface area contributed by atoms with Gasteiger partial charge < -0.3 is 11.1 Å². The molecule has 3 N–H and O–H groups in total. The molecule has 0 aliphatic carbocycles. The van der Waals surface area contributed by atoms with Gasteiger partial charge in [-0.3, -0.25) is 9.48 Å². The van der Waals surface area contributed by atoms with E-state index in [0.717, 1.165) is 0 Å². The van der Waals surface area contributed by atoms with E-state index in [1.54, 1.807) is 11.7 Å². The van der Waals surface area contributed by atoms with Gasteiger partial charge in [-0.2, -0.15) is 5.10 Å². The van der Waals surface area contributed by atoms with Crippen LogP contribution in [0.25, 0.3) is 0 Å². The lowest BCUT2D eigenvalue weighted by molar-refractivity contribution is 0.0946. The second kappa shape index (κ2) is 3.32. The minimum atomic E-state index is -0.251. The summed E-state index contributed by atoms with van der Waals surface area (Å²) in [4.78, 5) is 11.5. The van der Waals surface area contributed by atoms with Crippen LogP contribution < -0.4 is 11.1 Å². The van der Waals surface area contributed by atoms with E-state index in [1.807, 2.05) is 20.8 Å². The number of rotatable bonds is 1. The van der Waals surface area contributed by atoms with Gasteiger partial charge in [0.2, 0.25) is 0 Å². The summed E-state index contributed by atoms with van der Waals surface area (Å²) in [7, 11) is 1.57. The number of nitrogens with one attached hydrogen (secondary N) is 1. The molecule has 0 aliphatic heterocycles. The first kappa shape index (κ1) is 10.6. The highest BCUT2D eigenvalue weighted by molar-refractivity contribution is 5.97. The molecule has 5 heteroatoms. The fraction of sp³-hybridized carbons (Fsp3) is 0.556. The van der Waals surface area contributed by atoms with Crippen molar-refractivity contribution >= 4 is 11.6 Å². The fourth-order valence-electron chi connectivity index (χ4n) is 1.22. The molecule has 1 amide bonds. The Bertz CT molecular complexity index is 348. The maximum Gasteiger partial charge on any atom is 0.271 e. The first-order valence-corrected chi connectivity index (χ1v) is 4.44. The summed E-state index contributed by atoms with van der Waals surface area (Å²) in [6.45, 7) is 5.89. The highest BCUT2D eigenvalue weighted by Crippen LogP contribution is 2.20. The molecule has 0 aromatic carbocycles. The minimum Gasteiger partial charge on any atom is -0.396 e. The highest BCUT2D eigenvalue weighted by Gasteiger charge is 2.23. The second-order valence-electron chi connectivity index (χ2n) is 4.11. The molecule has 1 aromatic rings. The molecule has 0 bridgehead atoms. The van der Waals surface area contributed by atoms with Crippen molar-refractivity contribution in [2.45, 2.75) is 26.3 Å². The smallest absolute Gasteiger partial charge is 0.271 e. The summed E-state index contributed by atoms with van der Waals surface area (Å²) >= 11 is 0. The molecule has 1 heterocycles. The van der Waals surface area contributed by atoms with Gasteiger partial charge in [-0.15, -0.1) is 0 Å². The monoisotopic (exact) mass is 196 g/mol. The van der Waals surface area contributed by atoms with Gasteiger partial charge >= 0.3 is 0 Å². The molecule has 0 saturated carbocycles. The van der Waals surface area contributed by atoms with Crippen LogP contribution in [0.4, 0.5) is 5.69 Å². The Labute approximate surface area is 83.3 Å². The summed E-state index contributed by atoms with van der Waals surface area (Å²) in [5, 5.41) is 6.63. The van der Waals surface area contributed by atoms with Crippen molar-refractivity contribution < 1.29 is 4.79 Å². The maximum absolute atomic E-state index is 11.5. The molecule has 0 fully saturated rings. The van der Waals surface area contributed by atoms with Gasteiger partial charge in [-0.1, -0.05) is 0 Å². The van der Waals surface area contributed by atoms with E-state index in [-0.39, 0.29) is 11.4 Å². The van der Waals surface area contributed by atoms with Crippen LogP contribution >= 0.6 is 0 Å². The summed E-state index contributed by atoms with van der Waals surface area (Å²) in [6, 6.07) is 0. The number of amides is 1. The van der Waals surface area contributed by atoms with Crippen molar-refractivity contribution in [2.24, 2.45) is 0 Å². The van der Waals surface area contributed by atoms with Crippen molar-refractivity contribution in [1.29, 1.82) is 0 Å². The van der Waals surface area contributed by atoms with Gasteiger partial charge in [0.15, 0.2) is 0 Å². The topological polar surface area (TPSA) is 72.9 Å². The normalized spacial score (nSPS) is 11.4. The van der Waals surface area contributed by atoms with Gasteiger partial charge in [-0.05, 0) is 20.8 Å². The van der Waals surface area contributed by atoms with Crippen LogP contribution in [0, 0.1) is 0 Å². The number of carbonyl (C=O) groups is 1. The van der Waals surface area contributed by atoms with E-state index in [4.69, 9.17) is 5.73 Å². The van der Waals surface area contributed by atoms with Crippen LogP contribution in [0.1, 0.15) is 31.3 Å². The van der Waals surface area contributed by atoms with Gasteiger partial charge in [0.1, 0.15) is 5.69 Å². The molecule has 0 atom stereocenters. The number of hydrogen-bond donors (Lipinski definition) is 2. The lowest BCUT2D eigenvalue weighted by Gasteiger charge is -2.21. The Balaban J connectivity index is 3.26. The van der Waals surface area contributed by atoms with Crippen LogP contribution in [0.3, 0.4) is 0 Å². The first-order chi connectivity index (χ1) is 6.38. The van der Waals surface area contributed by atoms with E-state index in [2.05, 4.69) is 10.4 Å². The Morgan fingerprint density at radius 1 is 1.57 bits per heavy atom. The molecular formula is C9H16N4O. The summed E-state index contributed by atoms with van der Waals surface area (Å²) in [5.74, 6) is -0.213. The standard InChI is InChI=1S/C9H16N4O/c1-9(2,3)13-7(8(14)11-4)6(10)5-12-13/h5H,10H2,1-4H3,(H,11,14). The van der Waals surface area contributed by atoms with Crippen molar-refractivity contribution in [2.75, 3.05) is 12.8 Å². The molecular weight excluding hydrogens is 180 g/mol. The summed E-state index contributed by atoms with van der Waals surface area (Å²) in [6.07, 6.45) is 1.50. The van der Waals surface area contributed by atoms with Crippen LogP contribution in [0.2, 0.25) is 0 Å². The third kappa shape index (κ3) is 1.71. The molecule has 78 valence electrons. The maximum atomic E-state index is 11.5. The Morgan fingerprint density at radius 3 is 2.57 bits per heavy atom. The zero-order valence-corrected chi connectivity index (χ0v) is 8.96. The number of aromatic nitrogens is 2. The molecule has 14 heavy (non-hydrogen) atoms. The average molecular weight is 196 g/mol. The van der Waals surface area contributed by atoms with E-state index >= 15 is 0 Å². The zero-order valence-electron chi connectivity index (χ0n) is 8.96. The number of anilines is 1. The van der Waals surface area contributed by atoms with Crippen molar-refractivity contribution in [3.05, 3.63) is 11.9 Å². The number of carbonyl (C=O) groups excluding carboxylic acids is 1. The fourth-order valence-corrected chi connectivity index (χ4v) is 1.22. The first-order valence-electron chi connectivity index (χ1n) is 4.44. The molecule has 1 rings (SSSR count). The number of hydrogen-bond acceptors (Lipinski definition) is 3. The van der Waals surface area contributed by atoms with Gasteiger partial charge in [-0.25, -0.2) is 0 Å². The number of nitrogens with zero attached hydrogens (tertiary/aromatic N) is 2. The Morgan fingerprint density at radius 2 is 2.14 bits per heavy atom. The molecule has 0 radical (unpaired) electrons. The molecule has 0 saturated heterocycles. The molecule has 0 aliphatic rings. The molecule has 0 unspecified atom stereocenters. The lowest BCUT2D eigenvalue weighted by atomic mass is 10.1. The number of nitrogens with two attached hydrogens (primary N) is 1. The minimum absolute atomic E-state index is 0.213. The summed E-state index contributed by atoms with van der Waals surface area (Å²) < 4.78 is 1.63. The Hall–Kier alpha value is -1.52. The third-order valence-corrected chi connectivity index (χ3v) is 1.88. The van der Waals surface area contributed by atoms with E-state index in [0.29, 0.717) is 11.4 Å². The largest absolute Gasteiger partial charge is 0.396 e. The third-order valence-electron chi connectivity index (χ3n) is 1.88. The SMILES string of the molecule is CNC(=O)c1c(N)cnn1C(C)(C)C. The van der Waals surface area contributed by atoms with Crippen molar-refractivity contribution in [3.8, 4) is 0 Å². The molecule has 5 nitrogen and oxygen atoms in total. The van der Waals surface area contributed by atoms with Crippen LogP contribution in [0.5, 0.6) is 0 Å². The predicted molar refractivity (Wildman–Crippen MR) is 55.0 cm³/mol. The van der Waals surface area contributed by atoms with Crippen LogP contribution in [-0.2, 0) is 5.54 Å². The molecule has 1 aromatic heterocycles. The van der Waals surface area contributed by atoms with E-state index < -0.39 is 0 Å². The Kier molecular flexibility index (Phi) is 2.51. The van der Waals surface area contributed by atoms with Gasteiger partial charge in [0.25, 0.3) is 5.91 Å². The number of nitrogen functional groups attached to an aromatic ring is 1. The lowest BCUT2D eigenvalue weighted by Crippen LogP contribution is -2.31. The van der Waals surface area contributed by atoms with Crippen LogP contribution in [0.15, 0.2) is 6.20 Å². The van der Waals surface area contributed by atoms with E-state index in [1.165, 1.54) is 6.20 Å². The summed E-state index contributed by atoms with van der Waals surface area (Å²) in [5.41, 5.74) is 6.24. The van der Waals surface area contributed by atoms with Gasteiger partial charge in [0, 0.05) is 7.05 Å². The molecule has 0 spiro atoms. The zero-order chi connectivity index (χ0) is 10.9. The quantitative estimate of drug-likeness (QED) is 0.690. The second-order valence-corrected chi connectivity index (χ2v) is 4.11. The van der Waals surface area contributed by atoms with Crippen LogP contribution in [-0.4, -0.2) is 22.7 Å². The van der Waals surface area contributed by atoms with Gasteiger partial charge in [0.05, 0.1) is 17.4 Å². The predicted octanol–water partition coefficient (Wildman–Crippen LogP) is 0.580.